The molecule has 1 saturated heterocycles. The summed E-state index contributed by atoms with van der Waals surface area (Å²) < 4.78 is 10.3. The molecule has 1 aliphatic heterocycles. The minimum Gasteiger partial charge on any atom is -0.474 e. The third-order valence-electron chi connectivity index (χ3n) is 4.71. The molecule has 2 heterocycles. The predicted octanol–water partition coefficient (Wildman–Crippen LogP) is 1.68. The van der Waals surface area contributed by atoms with Crippen LogP contribution in [0.2, 0.25) is 0 Å². The summed E-state index contributed by atoms with van der Waals surface area (Å²) in [6, 6.07) is 8.16. The lowest BCUT2D eigenvalue weighted by Crippen LogP contribution is -2.49. The van der Waals surface area contributed by atoms with Crippen molar-refractivity contribution in [2.24, 2.45) is 0 Å². The predicted molar refractivity (Wildman–Crippen MR) is 105 cm³/mol. The van der Waals surface area contributed by atoms with Crippen LogP contribution in [0.5, 0.6) is 5.88 Å². The van der Waals surface area contributed by atoms with E-state index in [1.165, 1.54) is 6.07 Å². The first-order valence-corrected chi connectivity index (χ1v) is 9.24. The maximum atomic E-state index is 12.7. The van der Waals surface area contributed by atoms with Gasteiger partial charge in [-0.15, -0.1) is 10.2 Å². The third kappa shape index (κ3) is 4.96. The van der Waals surface area contributed by atoms with Crippen molar-refractivity contribution in [3.05, 3.63) is 51.6 Å². The van der Waals surface area contributed by atoms with Crippen LogP contribution < -0.4 is 9.64 Å². The summed E-state index contributed by atoms with van der Waals surface area (Å²) in [5.74, 6) is 0.934. The van der Waals surface area contributed by atoms with Gasteiger partial charge in [0, 0.05) is 56.5 Å². The Hall–Kier alpha value is -3.27. The van der Waals surface area contributed by atoms with Gasteiger partial charge in [0.15, 0.2) is 5.82 Å². The number of methoxy groups -OCH3 is 1. The summed E-state index contributed by atoms with van der Waals surface area (Å²) in [7, 11) is 1.60. The molecule has 0 spiro atoms. The highest BCUT2D eigenvalue weighted by Crippen LogP contribution is 2.21. The van der Waals surface area contributed by atoms with E-state index in [1.54, 1.807) is 37.1 Å². The molecule has 2 aromatic rings. The Morgan fingerprint density at radius 3 is 2.52 bits per heavy atom. The Morgan fingerprint density at radius 2 is 1.90 bits per heavy atom. The molecular weight excluding hydrogens is 378 g/mol. The monoisotopic (exact) mass is 401 g/mol. The molecule has 0 aliphatic carbocycles. The van der Waals surface area contributed by atoms with E-state index in [-0.39, 0.29) is 11.6 Å². The highest BCUT2D eigenvalue weighted by molar-refractivity contribution is 5.95. The molecule has 3 rings (SSSR count). The van der Waals surface area contributed by atoms with Gasteiger partial charge in [0.25, 0.3) is 11.6 Å². The van der Waals surface area contributed by atoms with Crippen LogP contribution in [-0.2, 0) is 4.74 Å². The number of carbonyl (C=O) groups is 1. The molecule has 0 unspecified atom stereocenters. The fourth-order valence-electron chi connectivity index (χ4n) is 3.05. The number of carbonyl (C=O) groups excluding carboxylic acids is 1. The van der Waals surface area contributed by atoms with Crippen molar-refractivity contribution in [3.63, 3.8) is 0 Å². The molecule has 1 fully saturated rings. The fraction of sp³-hybridized carbons (Fsp3) is 0.421. The molecule has 0 saturated carbocycles. The lowest BCUT2D eigenvalue weighted by Gasteiger charge is -2.35. The number of nitro benzene ring substituents is 1. The second-order valence-corrected chi connectivity index (χ2v) is 6.61. The number of nitrogens with zero attached hydrogens (tertiary/aromatic N) is 5. The van der Waals surface area contributed by atoms with Gasteiger partial charge in [0.05, 0.1) is 11.5 Å². The second kappa shape index (κ2) is 9.28. The lowest BCUT2D eigenvalue weighted by molar-refractivity contribution is -0.385. The highest BCUT2D eigenvalue weighted by atomic mass is 16.6. The zero-order valence-corrected chi connectivity index (χ0v) is 16.4. The maximum Gasteiger partial charge on any atom is 0.273 e. The molecule has 1 aromatic carbocycles. The Bertz CT molecular complexity index is 866. The normalized spacial score (nSPS) is 14.0. The Balaban J connectivity index is 1.58. The zero-order chi connectivity index (χ0) is 20.8. The number of hydrogen-bond donors (Lipinski definition) is 0. The van der Waals surface area contributed by atoms with Crippen molar-refractivity contribution in [2.75, 3.05) is 51.4 Å². The lowest BCUT2D eigenvalue weighted by atomic mass is 10.1. The van der Waals surface area contributed by atoms with E-state index in [2.05, 4.69) is 10.2 Å². The highest BCUT2D eigenvalue weighted by Gasteiger charge is 2.24. The van der Waals surface area contributed by atoms with Crippen LogP contribution >= 0.6 is 0 Å². The number of ether oxygens (including phenoxy) is 2. The molecular formula is C19H23N5O5. The Morgan fingerprint density at radius 1 is 1.14 bits per heavy atom. The number of aromatic nitrogens is 2. The van der Waals surface area contributed by atoms with Crippen LogP contribution in [0.4, 0.5) is 11.5 Å². The molecule has 29 heavy (non-hydrogen) atoms. The fourth-order valence-corrected chi connectivity index (χ4v) is 3.05. The van der Waals surface area contributed by atoms with Gasteiger partial charge in [-0.25, -0.2) is 0 Å². The Kier molecular flexibility index (Phi) is 6.55. The molecule has 1 amide bonds. The molecule has 0 atom stereocenters. The first-order valence-electron chi connectivity index (χ1n) is 9.24. The van der Waals surface area contributed by atoms with Gasteiger partial charge in [0.2, 0.25) is 5.88 Å². The largest absolute Gasteiger partial charge is 0.474 e. The summed E-state index contributed by atoms with van der Waals surface area (Å²) >= 11 is 0. The van der Waals surface area contributed by atoms with Gasteiger partial charge < -0.3 is 19.3 Å². The smallest absolute Gasteiger partial charge is 0.273 e. The topological polar surface area (TPSA) is 111 Å². The SMILES string of the molecule is COCCOc1ccc(N2CCN(C(=O)c3ccc(C)c([N+](=O)[O-])c3)CC2)nn1. The minimum absolute atomic E-state index is 0.0439. The quantitative estimate of drug-likeness (QED) is 0.391. The molecule has 0 radical (unpaired) electrons. The van der Waals surface area contributed by atoms with E-state index in [0.717, 1.165) is 0 Å². The van der Waals surface area contributed by atoms with Gasteiger partial charge in [-0.3, -0.25) is 14.9 Å². The number of nitro groups is 1. The molecule has 10 nitrogen and oxygen atoms in total. The molecule has 1 aromatic heterocycles. The standard InChI is InChI=1S/C19H23N5O5/c1-14-3-4-15(13-16(14)24(26)27)19(25)23-9-7-22(8-10-23)17-5-6-18(21-20-17)29-12-11-28-2/h3-6,13H,7-12H2,1-2H3. The van der Waals surface area contributed by atoms with Crippen LogP contribution in [0, 0.1) is 17.0 Å². The third-order valence-corrected chi connectivity index (χ3v) is 4.71. The molecule has 154 valence electrons. The van der Waals surface area contributed by atoms with Crippen molar-refractivity contribution >= 4 is 17.4 Å². The number of aryl methyl sites for hydroxylation is 1. The van der Waals surface area contributed by atoms with E-state index >= 15 is 0 Å². The summed E-state index contributed by atoms with van der Waals surface area (Å²) in [6.07, 6.45) is 0. The van der Waals surface area contributed by atoms with Crippen LogP contribution in [0.25, 0.3) is 0 Å². The van der Waals surface area contributed by atoms with Crippen LogP contribution in [-0.4, -0.2) is 72.4 Å². The maximum absolute atomic E-state index is 12.7. The van der Waals surface area contributed by atoms with Crippen molar-refractivity contribution in [1.82, 2.24) is 15.1 Å². The van der Waals surface area contributed by atoms with E-state index in [1.807, 2.05) is 11.0 Å². The van der Waals surface area contributed by atoms with Gasteiger partial charge in [-0.05, 0) is 19.1 Å². The number of amides is 1. The number of rotatable bonds is 7. The first kappa shape index (κ1) is 20.5. The van der Waals surface area contributed by atoms with Gasteiger partial charge in [0.1, 0.15) is 6.61 Å². The van der Waals surface area contributed by atoms with Crippen molar-refractivity contribution in [1.29, 1.82) is 0 Å². The summed E-state index contributed by atoms with van der Waals surface area (Å²) in [5.41, 5.74) is 0.815. The number of anilines is 1. The second-order valence-electron chi connectivity index (χ2n) is 6.61. The van der Waals surface area contributed by atoms with Crippen LogP contribution in [0.3, 0.4) is 0 Å². The van der Waals surface area contributed by atoms with E-state index < -0.39 is 4.92 Å². The molecule has 10 heteroatoms. The molecule has 0 N–H and O–H groups in total. The van der Waals surface area contributed by atoms with Crippen LogP contribution in [0.15, 0.2) is 30.3 Å². The first-order chi connectivity index (χ1) is 14.0. The van der Waals surface area contributed by atoms with E-state index in [0.29, 0.717) is 62.2 Å². The van der Waals surface area contributed by atoms with Gasteiger partial charge in [-0.2, -0.15) is 0 Å². The number of hydrogen-bond acceptors (Lipinski definition) is 8. The van der Waals surface area contributed by atoms with Gasteiger partial charge in [-0.1, -0.05) is 6.07 Å². The Labute approximate surface area is 168 Å². The van der Waals surface area contributed by atoms with Crippen LogP contribution in [0.1, 0.15) is 15.9 Å². The summed E-state index contributed by atoms with van der Waals surface area (Å²) in [4.78, 5) is 27.1. The van der Waals surface area contributed by atoms with Gasteiger partial charge >= 0.3 is 0 Å². The molecule has 0 bridgehead atoms. The average molecular weight is 401 g/mol. The molecule has 1 aliphatic rings. The summed E-state index contributed by atoms with van der Waals surface area (Å²) in [5, 5.41) is 19.3. The summed E-state index contributed by atoms with van der Waals surface area (Å²) in [6.45, 7) is 4.71. The van der Waals surface area contributed by atoms with Crippen molar-refractivity contribution < 1.29 is 19.2 Å². The zero-order valence-electron chi connectivity index (χ0n) is 16.4. The average Bonchev–Trinajstić information content (AvgIpc) is 2.74. The van der Waals surface area contributed by atoms with E-state index in [9.17, 15) is 14.9 Å². The number of benzene rings is 1. The van der Waals surface area contributed by atoms with Crippen molar-refractivity contribution in [2.45, 2.75) is 6.92 Å². The van der Waals surface area contributed by atoms with Crippen molar-refractivity contribution in [3.8, 4) is 5.88 Å². The minimum atomic E-state index is -0.467. The van der Waals surface area contributed by atoms with E-state index in [4.69, 9.17) is 9.47 Å². The number of piperazine rings is 1.